The lowest BCUT2D eigenvalue weighted by molar-refractivity contribution is -0.154. The van der Waals surface area contributed by atoms with Crippen molar-refractivity contribution in [2.75, 3.05) is 37.4 Å². The molecule has 1 heterocycles. The van der Waals surface area contributed by atoms with Crippen LogP contribution in [0.4, 0.5) is 30.8 Å². The normalized spacial score (nSPS) is 12.7. The van der Waals surface area contributed by atoms with Crippen LogP contribution in [0.5, 0.6) is 6.01 Å². The number of amides is 1. The molecular weight excluding hydrogens is 579 g/mol. The van der Waals surface area contributed by atoms with Crippen molar-refractivity contribution in [3.8, 4) is 18.9 Å². The fourth-order valence-electron chi connectivity index (χ4n) is 3.39. The molecule has 0 aliphatic heterocycles. The maximum atomic E-state index is 12.7. The predicted molar refractivity (Wildman–Crippen MR) is 151 cm³/mol. The Morgan fingerprint density at radius 2 is 1.67 bits per heavy atom. The number of nitrogens with two attached hydrogens (primary N) is 1. The molecule has 42 heavy (non-hydrogen) atoms. The third-order valence-corrected chi connectivity index (χ3v) is 5.66. The molecule has 4 rings (SSSR count). The maximum Gasteiger partial charge on any atom is 0.422 e. The van der Waals surface area contributed by atoms with Gasteiger partial charge in [-0.1, -0.05) is 23.7 Å². The highest BCUT2D eigenvalue weighted by Crippen LogP contribution is 2.48. The number of carbonyl (C=O) groups is 2. The van der Waals surface area contributed by atoms with E-state index in [0.29, 0.717) is 35.8 Å². The summed E-state index contributed by atoms with van der Waals surface area (Å²) in [5.41, 5.74) is 6.79. The minimum Gasteiger partial charge on any atom is -0.471 e. The standard InChI is InChI=1S/C23H23ClF3N7O2.C2H4O2.C2H2/c24-16-5-3-15(4-6-16)22(9-10-22)34-20-31-19(32-21(33-20)36-13-23(25,26)27)30-17-7-1-14(2-8-17)18(35)29-12-11-28;1-4-2-3;1-2/h1-8H,9-13,28H2,(H,29,35)(H2,30,31,32,33,34);2H,1H3;1-2H. The average Bonchev–Trinajstić information content (AvgIpc) is 3.76. The molecule has 1 aromatic heterocycles. The first-order valence-corrected chi connectivity index (χ1v) is 12.6. The van der Waals surface area contributed by atoms with Gasteiger partial charge in [0.1, 0.15) is 0 Å². The summed E-state index contributed by atoms with van der Waals surface area (Å²) in [5.74, 6) is -0.259. The number of rotatable bonds is 11. The number of alkyl halides is 3. The van der Waals surface area contributed by atoms with Gasteiger partial charge in [0, 0.05) is 29.4 Å². The van der Waals surface area contributed by atoms with Gasteiger partial charge >= 0.3 is 12.2 Å². The number of hydrogen-bond donors (Lipinski definition) is 4. The Hall–Kier alpha value is -4.61. The molecule has 0 unspecified atom stereocenters. The topological polar surface area (TPSA) is 153 Å². The van der Waals surface area contributed by atoms with Gasteiger partial charge in [0.25, 0.3) is 12.4 Å². The van der Waals surface area contributed by atoms with E-state index in [2.05, 4.69) is 48.5 Å². The third-order valence-electron chi connectivity index (χ3n) is 5.41. The molecule has 1 amide bonds. The van der Waals surface area contributed by atoms with Crippen molar-refractivity contribution < 1.29 is 32.2 Å². The lowest BCUT2D eigenvalue weighted by atomic mass is 10.1. The molecule has 1 saturated carbocycles. The Bertz CT molecular complexity index is 1320. The molecule has 5 N–H and O–H groups in total. The van der Waals surface area contributed by atoms with Gasteiger partial charge in [-0.15, -0.1) is 12.8 Å². The zero-order valence-electron chi connectivity index (χ0n) is 22.5. The molecule has 0 saturated heterocycles. The maximum absolute atomic E-state index is 12.7. The van der Waals surface area contributed by atoms with Crippen LogP contribution in [0.1, 0.15) is 28.8 Å². The summed E-state index contributed by atoms with van der Waals surface area (Å²) in [4.78, 5) is 33.3. The number of benzene rings is 2. The van der Waals surface area contributed by atoms with Crippen molar-refractivity contribution in [2.45, 2.75) is 24.6 Å². The summed E-state index contributed by atoms with van der Waals surface area (Å²) < 4.78 is 46.8. The predicted octanol–water partition coefficient (Wildman–Crippen LogP) is 4.04. The first kappa shape index (κ1) is 33.6. The van der Waals surface area contributed by atoms with Crippen LogP contribution < -0.4 is 26.4 Å². The van der Waals surface area contributed by atoms with E-state index in [4.69, 9.17) is 26.9 Å². The summed E-state index contributed by atoms with van der Waals surface area (Å²) in [5, 5.41) is 9.37. The summed E-state index contributed by atoms with van der Waals surface area (Å²) in [6.45, 7) is -0.512. The number of aromatic nitrogens is 3. The Labute approximate surface area is 245 Å². The molecule has 2 aromatic carbocycles. The van der Waals surface area contributed by atoms with Crippen LogP contribution in [0, 0.1) is 12.8 Å². The van der Waals surface area contributed by atoms with Gasteiger partial charge < -0.3 is 31.2 Å². The Morgan fingerprint density at radius 1 is 1.07 bits per heavy atom. The minimum absolute atomic E-state index is 0.0306. The largest absolute Gasteiger partial charge is 0.471 e. The van der Waals surface area contributed by atoms with Crippen LogP contribution in [0.15, 0.2) is 48.5 Å². The lowest BCUT2D eigenvalue weighted by Crippen LogP contribution is -2.28. The van der Waals surface area contributed by atoms with E-state index in [9.17, 15) is 18.0 Å². The van der Waals surface area contributed by atoms with E-state index in [-0.39, 0.29) is 17.8 Å². The number of carbonyl (C=O) groups excluding carboxylic acids is 2. The summed E-state index contributed by atoms with van der Waals surface area (Å²) in [7, 11) is 1.31. The average molecular weight is 608 g/mol. The van der Waals surface area contributed by atoms with E-state index in [1.807, 2.05) is 12.1 Å². The molecule has 224 valence electrons. The summed E-state index contributed by atoms with van der Waals surface area (Å²) in [6, 6.07) is 13.2. The smallest absolute Gasteiger partial charge is 0.422 e. The number of terminal acetylenes is 1. The molecule has 3 aromatic rings. The van der Waals surface area contributed by atoms with E-state index >= 15 is 0 Å². The molecule has 0 atom stereocenters. The number of nitrogens with zero attached hydrogens (tertiary/aromatic N) is 3. The molecule has 0 spiro atoms. The van der Waals surface area contributed by atoms with E-state index in [1.165, 1.54) is 7.11 Å². The van der Waals surface area contributed by atoms with Crippen molar-refractivity contribution in [3.05, 3.63) is 64.7 Å². The van der Waals surface area contributed by atoms with Crippen molar-refractivity contribution in [1.29, 1.82) is 0 Å². The second-order valence-electron chi connectivity index (χ2n) is 8.46. The first-order chi connectivity index (χ1) is 20.1. The van der Waals surface area contributed by atoms with Crippen LogP contribution in [0.2, 0.25) is 5.02 Å². The second-order valence-corrected chi connectivity index (χ2v) is 8.90. The van der Waals surface area contributed by atoms with Crippen molar-refractivity contribution in [1.82, 2.24) is 20.3 Å². The summed E-state index contributed by atoms with van der Waals surface area (Å²) in [6.07, 6.45) is 4.99. The van der Waals surface area contributed by atoms with Gasteiger partial charge in [-0.05, 0) is 54.8 Å². The Balaban J connectivity index is 0.000000947. The van der Waals surface area contributed by atoms with Gasteiger partial charge in [0.2, 0.25) is 11.9 Å². The van der Waals surface area contributed by atoms with Crippen molar-refractivity contribution in [3.63, 3.8) is 0 Å². The van der Waals surface area contributed by atoms with Crippen LogP contribution in [-0.2, 0) is 15.1 Å². The highest BCUT2D eigenvalue weighted by Gasteiger charge is 2.45. The molecule has 15 heteroatoms. The highest BCUT2D eigenvalue weighted by molar-refractivity contribution is 6.30. The van der Waals surface area contributed by atoms with E-state index in [1.54, 1.807) is 36.4 Å². The Morgan fingerprint density at radius 3 is 2.19 bits per heavy atom. The fraction of sp³-hybridized carbons (Fsp3) is 0.296. The molecule has 1 aliphatic carbocycles. The molecule has 0 radical (unpaired) electrons. The zero-order chi connectivity index (χ0) is 31.2. The van der Waals surface area contributed by atoms with E-state index in [0.717, 1.165) is 18.4 Å². The van der Waals surface area contributed by atoms with E-state index < -0.39 is 24.3 Å². The Kier molecular flexibility index (Phi) is 12.8. The molecule has 1 aliphatic rings. The molecular formula is C27H29ClF3N7O4. The molecule has 1 fully saturated rings. The van der Waals surface area contributed by atoms with Gasteiger partial charge in [-0.3, -0.25) is 9.59 Å². The SMILES string of the molecule is C#C.COC=O.NCCNC(=O)c1ccc(Nc2nc(NC3(c4ccc(Cl)cc4)CC3)nc(OCC(F)(F)F)n2)cc1. The van der Waals surface area contributed by atoms with Crippen molar-refractivity contribution >= 4 is 41.6 Å². The monoisotopic (exact) mass is 607 g/mol. The minimum atomic E-state index is -4.56. The first-order valence-electron chi connectivity index (χ1n) is 12.2. The van der Waals surface area contributed by atoms with Crippen LogP contribution in [-0.4, -0.2) is 60.3 Å². The fourth-order valence-corrected chi connectivity index (χ4v) is 3.52. The van der Waals surface area contributed by atoms with Gasteiger partial charge in [-0.2, -0.15) is 28.1 Å². The van der Waals surface area contributed by atoms with Crippen molar-refractivity contribution in [2.24, 2.45) is 5.73 Å². The van der Waals surface area contributed by atoms with Gasteiger partial charge in [-0.25, -0.2) is 0 Å². The lowest BCUT2D eigenvalue weighted by Gasteiger charge is -2.19. The van der Waals surface area contributed by atoms with Crippen LogP contribution in [0.3, 0.4) is 0 Å². The number of anilines is 3. The summed E-state index contributed by atoms with van der Waals surface area (Å²) >= 11 is 5.98. The van der Waals surface area contributed by atoms with Crippen LogP contribution in [0.25, 0.3) is 0 Å². The van der Waals surface area contributed by atoms with Gasteiger partial charge in [0.05, 0.1) is 12.6 Å². The molecule has 11 nitrogen and oxygen atoms in total. The number of ether oxygens (including phenoxy) is 2. The number of methoxy groups -OCH3 is 1. The second kappa shape index (κ2) is 16.0. The number of halogens is 4. The quantitative estimate of drug-likeness (QED) is 0.185. The third kappa shape index (κ3) is 10.8. The van der Waals surface area contributed by atoms with Gasteiger partial charge in [0.15, 0.2) is 6.61 Å². The number of hydrogen-bond acceptors (Lipinski definition) is 10. The molecule has 0 bridgehead atoms. The zero-order valence-corrected chi connectivity index (χ0v) is 23.2. The van der Waals surface area contributed by atoms with Crippen LogP contribution >= 0.6 is 11.6 Å². The number of nitrogens with one attached hydrogen (secondary N) is 3. The highest BCUT2D eigenvalue weighted by atomic mass is 35.5.